The molecule has 3 heterocycles. The van der Waals surface area contributed by atoms with E-state index in [1.165, 1.54) is 16.8 Å². The Morgan fingerprint density at radius 1 is 1.30 bits per heavy atom. The van der Waals surface area contributed by atoms with Gasteiger partial charge in [0.15, 0.2) is 0 Å². The third-order valence-electron chi connectivity index (χ3n) is 4.43. The number of hydrogen-bond donors (Lipinski definition) is 1. The van der Waals surface area contributed by atoms with Crippen molar-refractivity contribution < 1.29 is 9.53 Å². The van der Waals surface area contributed by atoms with Crippen LogP contribution in [0.2, 0.25) is 0 Å². The van der Waals surface area contributed by atoms with Crippen LogP contribution in [0.4, 0.5) is 0 Å². The van der Waals surface area contributed by atoms with E-state index < -0.39 is 11.2 Å². The molecule has 0 spiro atoms. The van der Waals surface area contributed by atoms with Crippen molar-refractivity contribution in [2.24, 2.45) is 0 Å². The van der Waals surface area contributed by atoms with E-state index in [1.807, 2.05) is 19.9 Å². The van der Waals surface area contributed by atoms with Gasteiger partial charge in [-0.25, -0.2) is 14.8 Å². The van der Waals surface area contributed by atoms with Gasteiger partial charge in [0.1, 0.15) is 6.10 Å². The Hall–Kier alpha value is -2.97. The molecule has 1 aliphatic heterocycles. The van der Waals surface area contributed by atoms with Crippen molar-refractivity contribution in [3.05, 3.63) is 50.6 Å². The van der Waals surface area contributed by atoms with Crippen LogP contribution < -0.4 is 16.0 Å². The van der Waals surface area contributed by atoms with Gasteiger partial charge in [0.2, 0.25) is 5.91 Å². The summed E-state index contributed by atoms with van der Waals surface area (Å²) in [6, 6.07) is 3.48. The van der Waals surface area contributed by atoms with Crippen LogP contribution >= 0.6 is 0 Å². The Morgan fingerprint density at radius 2 is 2.04 bits per heavy atom. The van der Waals surface area contributed by atoms with Crippen molar-refractivity contribution in [3.8, 4) is 6.01 Å². The number of carbonyl (C=O) groups excluding carboxylic acids is 1. The molecule has 2 aromatic heterocycles. The highest BCUT2D eigenvalue weighted by molar-refractivity contribution is 5.76. The Bertz CT molecular complexity index is 916. The van der Waals surface area contributed by atoms with Gasteiger partial charge in [-0.2, -0.15) is 0 Å². The summed E-state index contributed by atoms with van der Waals surface area (Å²) in [5.41, 5.74) is 0.717. The maximum absolute atomic E-state index is 12.5. The summed E-state index contributed by atoms with van der Waals surface area (Å²) in [5.74, 6) is -0.0530. The second-order valence-corrected chi connectivity index (χ2v) is 6.71. The molecule has 144 valence electrons. The Labute approximate surface area is 156 Å². The maximum Gasteiger partial charge on any atom is 0.328 e. The first kappa shape index (κ1) is 18.8. The fourth-order valence-corrected chi connectivity index (χ4v) is 3.15. The molecule has 9 heteroatoms. The predicted molar refractivity (Wildman–Crippen MR) is 97.7 cm³/mol. The number of nitrogens with one attached hydrogen (secondary N) is 1. The SMILES string of the molecule is Cc1cc(C)nc(OC2CCCN(C(=O)CCn3ccc(=O)[nH]c3=O)C2)n1. The third-order valence-corrected chi connectivity index (χ3v) is 4.43. The monoisotopic (exact) mass is 373 g/mol. The van der Waals surface area contributed by atoms with Crippen LogP contribution in [0.1, 0.15) is 30.7 Å². The van der Waals surface area contributed by atoms with Gasteiger partial charge < -0.3 is 14.2 Å². The summed E-state index contributed by atoms with van der Waals surface area (Å²) in [7, 11) is 0. The summed E-state index contributed by atoms with van der Waals surface area (Å²) >= 11 is 0. The van der Waals surface area contributed by atoms with E-state index in [2.05, 4.69) is 15.0 Å². The Kier molecular flexibility index (Phi) is 5.68. The van der Waals surface area contributed by atoms with E-state index in [1.54, 1.807) is 4.90 Å². The number of aromatic amines is 1. The molecule has 1 saturated heterocycles. The zero-order valence-corrected chi connectivity index (χ0v) is 15.5. The summed E-state index contributed by atoms with van der Waals surface area (Å²) in [4.78, 5) is 47.8. The normalized spacial score (nSPS) is 17.0. The lowest BCUT2D eigenvalue weighted by molar-refractivity contribution is -0.134. The topological polar surface area (TPSA) is 110 Å². The van der Waals surface area contributed by atoms with Crippen LogP contribution in [-0.4, -0.2) is 49.5 Å². The van der Waals surface area contributed by atoms with Crippen LogP contribution in [0.5, 0.6) is 6.01 Å². The highest BCUT2D eigenvalue weighted by atomic mass is 16.5. The molecule has 0 bridgehead atoms. The van der Waals surface area contributed by atoms with E-state index in [-0.39, 0.29) is 25.0 Å². The number of carbonyl (C=O) groups is 1. The summed E-state index contributed by atoms with van der Waals surface area (Å²) in [5, 5.41) is 0. The van der Waals surface area contributed by atoms with Crippen molar-refractivity contribution in [1.29, 1.82) is 0 Å². The molecule has 1 aliphatic rings. The van der Waals surface area contributed by atoms with Crippen molar-refractivity contribution in [2.45, 2.75) is 45.8 Å². The fraction of sp³-hybridized carbons (Fsp3) is 0.500. The molecule has 1 unspecified atom stereocenters. The largest absolute Gasteiger partial charge is 0.458 e. The number of ether oxygens (including phenoxy) is 1. The summed E-state index contributed by atoms with van der Waals surface area (Å²) in [6.45, 7) is 5.12. The second kappa shape index (κ2) is 8.15. The number of H-pyrrole nitrogens is 1. The lowest BCUT2D eigenvalue weighted by atomic mass is 10.1. The molecular weight excluding hydrogens is 350 g/mol. The van der Waals surface area contributed by atoms with Crippen molar-refractivity contribution in [3.63, 3.8) is 0 Å². The number of aryl methyl sites for hydroxylation is 3. The number of amides is 1. The highest BCUT2D eigenvalue weighted by Crippen LogP contribution is 2.17. The summed E-state index contributed by atoms with van der Waals surface area (Å²) < 4.78 is 7.20. The van der Waals surface area contributed by atoms with Gasteiger partial charge in [-0.1, -0.05) is 0 Å². The molecule has 3 rings (SSSR count). The minimum Gasteiger partial charge on any atom is -0.458 e. The Morgan fingerprint density at radius 3 is 2.74 bits per heavy atom. The van der Waals surface area contributed by atoms with Crippen LogP contribution in [-0.2, 0) is 11.3 Å². The molecule has 9 nitrogen and oxygen atoms in total. The first-order valence-corrected chi connectivity index (χ1v) is 8.97. The van der Waals surface area contributed by atoms with E-state index in [4.69, 9.17) is 4.74 Å². The van der Waals surface area contributed by atoms with Crippen molar-refractivity contribution in [1.82, 2.24) is 24.4 Å². The van der Waals surface area contributed by atoms with Crippen molar-refractivity contribution >= 4 is 5.91 Å². The fourth-order valence-electron chi connectivity index (χ4n) is 3.15. The quantitative estimate of drug-likeness (QED) is 0.812. The molecule has 0 aliphatic carbocycles. The number of likely N-dealkylation sites (tertiary alicyclic amines) is 1. The molecule has 1 atom stereocenters. The molecule has 1 fully saturated rings. The van der Waals surface area contributed by atoms with E-state index in [9.17, 15) is 14.4 Å². The first-order valence-electron chi connectivity index (χ1n) is 8.97. The van der Waals surface area contributed by atoms with E-state index in [0.717, 1.165) is 24.2 Å². The van der Waals surface area contributed by atoms with Gasteiger partial charge >= 0.3 is 11.7 Å². The average Bonchev–Trinajstić information content (AvgIpc) is 2.60. The number of hydrogen-bond acceptors (Lipinski definition) is 6. The molecule has 27 heavy (non-hydrogen) atoms. The molecule has 0 radical (unpaired) electrons. The first-order chi connectivity index (χ1) is 12.9. The lowest BCUT2D eigenvalue weighted by Gasteiger charge is -2.32. The number of piperidine rings is 1. The minimum absolute atomic E-state index is 0.0530. The van der Waals surface area contributed by atoms with Gasteiger partial charge in [-0.3, -0.25) is 14.6 Å². The predicted octanol–water partition coefficient (Wildman–Crippen LogP) is 0.404. The molecule has 0 saturated carbocycles. The van der Waals surface area contributed by atoms with Gasteiger partial charge in [0.05, 0.1) is 6.54 Å². The number of rotatable bonds is 5. The van der Waals surface area contributed by atoms with E-state index in [0.29, 0.717) is 19.1 Å². The zero-order valence-electron chi connectivity index (χ0n) is 15.5. The molecule has 1 N–H and O–H groups in total. The summed E-state index contributed by atoms with van der Waals surface area (Å²) in [6.07, 6.45) is 3.09. The minimum atomic E-state index is -0.512. The lowest BCUT2D eigenvalue weighted by Crippen LogP contribution is -2.45. The van der Waals surface area contributed by atoms with Gasteiger partial charge in [-0.05, 0) is 32.8 Å². The van der Waals surface area contributed by atoms with Crippen LogP contribution in [0.15, 0.2) is 27.9 Å². The smallest absolute Gasteiger partial charge is 0.328 e. The third kappa shape index (κ3) is 5.02. The number of nitrogens with zero attached hydrogens (tertiary/aromatic N) is 4. The zero-order chi connectivity index (χ0) is 19.4. The average molecular weight is 373 g/mol. The molecule has 1 amide bonds. The molecule has 2 aromatic rings. The van der Waals surface area contributed by atoms with E-state index >= 15 is 0 Å². The van der Waals surface area contributed by atoms with Crippen LogP contribution in [0.25, 0.3) is 0 Å². The van der Waals surface area contributed by atoms with Gasteiger partial charge in [-0.15, -0.1) is 0 Å². The standard InChI is InChI=1S/C18H23N5O4/c1-12-10-13(2)20-17(19-12)27-14-4-3-7-23(11-14)16(25)6-9-22-8-5-15(24)21-18(22)26/h5,8,10,14H,3-4,6-7,9,11H2,1-2H3,(H,21,24,26). The van der Waals surface area contributed by atoms with Crippen LogP contribution in [0.3, 0.4) is 0 Å². The van der Waals surface area contributed by atoms with Crippen molar-refractivity contribution in [2.75, 3.05) is 13.1 Å². The van der Waals surface area contributed by atoms with Crippen LogP contribution in [0, 0.1) is 13.8 Å². The second-order valence-electron chi connectivity index (χ2n) is 6.71. The van der Waals surface area contributed by atoms with Gasteiger partial charge in [0.25, 0.3) is 5.56 Å². The highest BCUT2D eigenvalue weighted by Gasteiger charge is 2.25. The van der Waals surface area contributed by atoms with Gasteiger partial charge in [0, 0.05) is 43.2 Å². The molecule has 0 aromatic carbocycles. The Balaban J connectivity index is 1.57. The number of aromatic nitrogens is 4. The maximum atomic E-state index is 12.5. The molecular formula is C18H23N5O4.